The van der Waals surface area contributed by atoms with Crippen molar-refractivity contribution in [2.24, 2.45) is 5.92 Å². The van der Waals surface area contributed by atoms with Gasteiger partial charge in [0.25, 0.3) is 5.91 Å². The summed E-state index contributed by atoms with van der Waals surface area (Å²) in [5, 5.41) is 13.5. The normalized spacial score (nSPS) is 11.6. The highest BCUT2D eigenvalue weighted by Gasteiger charge is 2.38. The summed E-state index contributed by atoms with van der Waals surface area (Å²) < 4.78 is 37.4. The predicted octanol–water partition coefficient (Wildman–Crippen LogP) is 5.33. The molecular weight excluding hydrogens is 499 g/mol. The van der Waals surface area contributed by atoms with Crippen molar-refractivity contribution in [2.75, 3.05) is 19.7 Å². The predicted molar refractivity (Wildman–Crippen MR) is 139 cm³/mol. The first-order valence-corrected chi connectivity index (χ1v) is 12.1. The molecule has 204 valence electrons. The molecule has 3 N–H and O–H groups in total. The smallest absolute Gasteiger partial charge is 0.490 e. The molecule has 1 amide bonds. The Balaban J connectivity index is 0.000000638. The third-order valence-corrected chi connectivity index (χ3v) is 5.46. The minimum absolute atomic E-state index is 0.0757. The van der Waals surface area contributed by atoms with Crippen LogP contribution in [-0.4, -0.2) is 47.8 Å². The van der Waals surface area contributed by atoms with E-state index in [-0.39, 0.29) is 5.91 Å². The molecule has 0 saturated carbocycles. The number of carboxylic acid groups (broad SMARTS) is 1. The van der Waals surface area contributed by atoms with Crippen molar-refractivity contribution in [1.82, 2.24) is 15.6 Å². The Morgan fingerprint density at radius 3 is 2.29 bits per heavy atom. The zero-order valence-corrected chi connectivity index (χ0v) is 21.3. The van der Waals surface area contributed by atoms with Gasteiger partial charge in [-0.3, -0.25) is 9.78 Å². The molecule has 2 aromatic carbocycles. The number of nitrogens with one attached hydrogen (secondary N) is 2. The molecule has 7 nitrogen and oxygen atoms in total. The van der Waals surface area contributed by atoms with Gasteiger partial charge in [0.2, 0.25) is 0 Å². The van der Waals surface area contributed by atoms with E-state index in [9.17, 15) is 18.0 Å². The van der Waals surface area contributed by atoms with Crippen LogP contribution in [0.25, 0.3) is 11.1 Å². The highest BCUT2D eigenvalue weighted by atomic mass is 19.4. The number of rotatable bonds is 11. The van der Waals surface area contributed by atoms with Crippen LogP contribution >= 0.6 is 0 Å². The fraction of sp³-hybridized carbons (Fsp3) is 0.321. The second-order valence-electron chi connectivity index (χ2n) is 8.52. The van der Waals surface area contributed by atoms with Crippen molar-refractivity contribution in [1.29, 1.82) is 0 Å². The topological polar surface area (TPSA) is 101 Å². The summed E-state index contributed by atoms with van der Waals surface area (Å²) in [6.45, 7) is 7.10. The molecule has 0 saturated heterocycles. The number of hydrogen-bond acceptors (Lipinski definition) is 5. The third-order valence-electron chi connectivity index (χ3n) is 5.46. The number of aromatic nitrogens is 1. The second kappa shape index (κ2) is 15.4. The Morgan fingerprint density at radius 2 is 1.68 bits per heavy atom. The maximum atomic E-state index is 12.4. The Kier molecular flexibility index (Phi) is 12.2. The molecule has 1 atom stereocenters. The highest BCUT2D eigenvalue weighted by Crippen LogP contribution is 2.20. The number of pyridine rings is 1. The van der Waals surface area contributed by atoms with Gasteiger partial charge in [-0.2, -0.15) is 13.2 Å². The van der Waals surface area contributed by atoms with Crippen molar-refractivity contribution < 1.29 is 32.6 Å². The number of amides is 1. The molecule has 10 heteroatoms. The standard InChI is InChI=1S/C26H31N3O2.C2HF3O2/c1-3-20(2)16-29-26(30)24-15-23(18-28-19-24)22-11-9-21(10-12-22)17-27-13-14-31-25-7-5-4-6-8-25;3-2(4,5)1(6)7/h4-12,15,18-20,27H,3,13-14,16-17H2,1-2H3,(H,29,30);(H,6,7)/t20-;/m0./s1. The van der Waals surface area contributed by atoms with Gasteiger partial charge in [-0.05, 0) is 35.2 Å². The van der Waals surface area contributed by atoms with Crippen LogP contribution in [-0.2, 0) is 11.3 Å². The molecule has 3 rings (SSSR count). The number of hydrogen-bond donors (Lipinski definition) is 3. The quantitative estimate of drug-likeness (QED) is 0.290. The van der Waals surface area contributed by atoms with Crippen LogP contribution in [0, 0.1) is 5.92 Å². The van der Waals surface area contributed by atoms with Gasteiger partial charge in [-0.1, -0.05) is 62.7 Å². The van der Waals surface area contributed by atoms with Crippen LogP contribution in [0.15, 0.2) is 73.1 Å². The summed E-state index contributed by atoms with van der Waals surface area (Å²) in [4.78, 5) is 25.6. The molecule has 38 heavy (non-hydrogen) atoms. The van der Waals surface area contributed by atoms with Gasteiger partial charge in [0.1, 0.15) is 12.4 Å². The van der Waals surface area contributed by atoms with Crippen LogP contribution in [0.3, 0.4) is 0 Å². The SMILES string of the molecule is CC[C@H](C)CNC(=O)c1cncc(-c2ccc(CNCCOc3ccccc3)cc2)c1.O=C(O)C(F)(F)F. The van der Waals surface area contributed by atoms with Gasteiger partial charge in [-0.15, -0.1) is 0 Å². The van der Waals surface area contributed by atoms with E-state index in [2.05, 4.69) is 53.7 Å². The van der Waals surface area contributed by atoms with Crippen molar-refractivity contribution in [3.63, 3.8) is 0 Å². The molecule has 0 radical (unpaired) electrons. The van der Waals surface area contributed by atoms with Crippen molar-refractivity contribution in [3.05, 3.63) is 84.2 Å². The number of alkyl halides is 3. The number of carbonyl (C=O) groups is 2. The van der Waals surface area contributed by atoms with Gasteiger partial charge in [0.05, 0.1) is 5.56 Å². The average Bonchev–Trinajstić information content (AvgIpc) is 2.92. The van der Waals surface area contributed by atoms with Crippen molar-refractivity contribution >= 4 is 11.9 Å². The summed E-state index contributed by atoms with van der Waals surface area (Å²) in [5.41, 5.74) is 3.76. The fourth-order valence-corrected chi connectivity index (χ4v) is 3.04. The number of aliphatic carboxylic acids is 1. The molecule has 0 fully saturated rings. The first kappa shape index (κ1) is 30.3. The summed E-state index contributed by atoms with van der Waals surface area (Å²) >= 11 is 0. The molecule has 0 bridgehead atoms. The van der Waals surface area contributed by atoms with Crippen molar-refractivity contribution in [2.45, 2.75) is 33.0 Å². The number of para-hydroxylation sites is 1. The Bertz CT molecular complexity index is 1140. The van der Waals surface area contributed by atoms with E-state index in [1.807, 2.05) is 36.4 Å². The summed E-state index contributed by atoms with van der Waals surface area (Å²) in [6, 6.07) is 20.0. The number of carboxylic acids is 1. The molecular formula is C28H32F3N3O4. The molecule has 0 aliphatic heterocycles. The lowest BCUT2D eigenvalue weighted by molar-refractivity contribution is -0.192. The van der Waals surface area contributed by atoms with Crippen LogP contribution in [0.4, 0.5) is 13.2 Å². The second-order valence-corrected chi connectivity index (χ2v) is 8.52. The summed E-state index contributed by atoms with van der Waals surface area (Å²) in [7, 11) is 0. The highest BCUT2D eigenvalue weighted by molar-refractivity contribution is 5.95. The van der Waals surface area contributed by atoms with Crippen LogP contribution in [0.1, 0.15) is 36.2 Å². The lowest BCUT2D eigenvalue weighted by atomic mass is 10.0. The van der Waals surface area contributed by atoms with Gasteiger partial charge < -0.3 is 20.5 Å². The van der Waals surface area contributed by atoms with E-state index < -0.39 is 12.1 Å². The zero-order chi connectivity index (χ0) is 28.0. The van der Waals surface area contributed by atoms with Gasteiger partial charge in [0, 0.05) is 37.6 Å². The molecule has 1 aromatic heterocycles. The van der Waals surface area contributed by atoms with E-state index in [4.69, 9.17) is 14.6 Å². The van der Waals surface area contributed by atoms with Gasteiger partial charge in [0.15, 0.2) is 0 Å². The van der Waals surface area contributed by atoms with E-state index in [0.29, 0.717) is 24.6 Å². The van der Waals surface area contributed by atoms with Crippen LogP contribution < -0.4 is 15.4 Å². The molecule has 0 spiro atoms. The number of carbonyl (C=O) groups excluding carboxylic acids is 1. The Hall–Kier alpha value is -3.92. The van der Waals surface area contributed by atoms with Crippen LogP contribution in [0.5, 0.6) is 5.75 Å². The number of ether oxygens (including phenoxy) is 1. The largest absolute Gasteiger partial charge is 0.492 e. The maximum Gasteiger partial charge on any atom is 0.490 e. The molecule has 3 aromatic rings. The van der Waals surface area contributed by atoms with Crippen molar-refractivity contribution in [3.8, 4) is 16.9 Å². The Labute approximate surface area is 220 Å². The monoisotopic (exact) mass is 531 g/mol. The van der Waals surface area contributed by atoms with Gasteiger partial charge >= 0.3 is 12.1 Å². The lowest BCUT2D eigenvalue weighted by Crippen LogP contribution is -2.28. The summed E-state index contributed by atoms with van der Waals surface area (Å²) in [5.74, 6) is -1.48. The Morgan fingerprint density at radius 1 is 1.03 bits per heavy atom. The fourth-order valence-electron chi connectivity index (χ4n) is 3.04. The first-order chi connectivity index (χ1) is 18.1. The molecule has 0 aliphatic rings. The number of benzene rings is 2. The van der Waals surface area contributed by atoms with E-state index in [1.165, 1.54) is 5.56 Å². The average molecular weight is 532 g/mol. The molecule has 1 heterocycles. The molecule has 0 unspecified atom stereocenters. The maximum absolute atomic E-state index is 12.4. The van der Waals surface area contributed by atoms with E-state index in [0.717, 1.165) is 36.4 Å². The molecule has 0 aliphatic carbocycles. The lowest BCUT2D eigenvalue weighted by Gasteiger charge is -2.11. The number of halogens is 3. The van der Waals surface area contributed by atoms with E-state index >= 15 is 0 Å². The van der Waals surface area contributed by atoms with Crippen LogP contribution in [0.2, 0.25) is 0 Å². The van der Waals surface area contributed by atoms with E-state index in [1.54, 1.807) is 12.4 Å². The minimum atomic E-state index is -5.08. The zero-order valence-electron chi connectivity index (χ0n) is 21.3. The van der Waals surface area contributed by atoms with Gasteiger partial charge in [-0.25, -0.2) is 4.79 Å². The summed E-state index contributed by atoms with van der Waals surface area (Å²) in [6.07, 6.45) is -0.634. The third kappa shape index (κ3) is 11.0. The first-order valence-electron chi connectivity index (χ1n) is 12.1. The number of nitrogens with zero attached hydrogens (tertiary/aromatic N) is 1. The minimum Gasteiger partial charge on any atom is -0.492 e.